The highest BCUT2D eigenvalue weighted by Gasteiger charge is 2.56. The molecule has 2 aromatic carbocycles. The van der Waals surface area contributed by atoms with Gasteiger partial charge >= 0.3 is 5.97 Å². The lowest BCUT2D eigenvalue weighted by Crippen LogP contribution is -2.32. The number of aromatic carboxylic acids is 1. The Bertz CT molecular complexity index is 1030. The van der Waals surface area contributed by atoms with Crippen molar-refractivity contribution in [2.45, 2.75) is 18.3 Å². The van der Waals surface area contributed by atoms with Crippen LogP contribution in [0.3, 0.4) is 0 Å². The van der Waals surface area contributed by atoms with E-state index in [-0.39, 0.29) is 11.5 Å². The van der Waals surface area contributed by atoms with Gasteiger partial charge in [0.15, 0.2) is 0 Å². The number of imidazole rings is 1. The minimum absolute atomic E-state index is 0.0104. The summed E-state index contributed by atoms with van der Waals surface area (Å²) in [6.45, 7) is 0. The van der Waals surface area contributed by atoms with E-state index in [1.807, 2.05) is 24.3 Å². The molecule has 112 valence electrons. The maximum Gasteiger partial charge on any atom is 0.335 e. The summed E-state index contributed by atoms with van der Waals surface area (Å²) in [5, 5.41) is 9.25. The molecule has 5 heteroatoms. The molecule has 2 aliphatic rings. The summed E-state index contributed by atoms with van der Waals surface area (Å²) >= 11 is 0. The van der Waals surface area contributed by atoms with Crippen molar-refractivity contribution in [3.63, 3.8) is 0 Å². The number of hydrogen-bond donors (Lipinski definition) is 1. The summed E-state index contributed by atoms with van der Waals surface area (Å²) in [6, 6.07) is 12.6. The van der Waals surface area contributed by atoms with Gasteiger partial charge in [-0.05, 0) is 42.7 Å². The van der Waals surface area contributed by atoms with E-state index in [1.54, 1.807) is 22.8 Å². The van der Waals surface area contributed by atoms with Crippen LogP contribution in [0.2, 0.25) is 0 Å². The van der Waals surface area contributed by atoms with Crippen LogP contribution in [0, 0.1) is 0 Å². The van der Waals surface area contributed by atoms with Crippen molar-refractivity contribution in [1.29, 1.82) is 0 Å². The number of para-hydroxylation sites is 2. The predicted octanol–water partition coefficient (Wildman–Crippen LogP) is 3.09. The average Bonchev–Trinajstić information content (AvgIpc) is 3.26. The maximum atomic E-state index is 13.1. The van der Waals surface area contributed by atoms with Gasteiger partial charge < -0.3 is 5.11 Å². The summed E-state index contributed by atoms with van der Waals surface area (Å²) in [6.07, 6.45) is 1.52. The van der Waals surface area contributed by atoms with Crippen molar-refractivity contribution < 1.29 is 14.7 Å². The first-order valence-corrected chi connectivity index (χ1v) is 7.52. The zero-order chi connectivity index (χ0) is 15.8. The zero-order valence-electron chi connectivity index (χ0n) is 12.1. The van der Waals surface area contributed by atoms with E-state index in [1.165, 1.54) is 0 Å². The Hall–Kier alpha value is -2.95. The molecule has 0 radical (unpaired) electrons. The second-order valence-corrected chi connectivity index (χ2v) is 6.21. The molecule has 0 atom stereocenters. The molecule has 1 aliphatic heterocycles. The smallest absolute Gasteiger partial charge is 0.335 e. The van der Waals surface area contributed by atoms with E-state index in [4.69, 9.17) is 0 Å². The molecule has 5 rings (SSSR count). The Labute approximate surface area is 131 Å². The SMILES string of the molecule is O=C(O)c1ccc2c(c1)C1(CC1)C(=O)n1c-2nc2ccccc21. The Morgan fingerprint density at radius 2 is 1.96 bits per heavy atom. The van der Waals surface area contributed by atoms with Crippen LogP contribution in [-0.2, 0) is 5.41 Å². The molecule has 0 unspecified atom stereocenters. The van der Waals surface area contributed by atoms with Crippen LogP contribution in [0.1, 0.15) is 33.6 Å². The van der Waals surface area contributed by atoms with Crippen LogP contribution in [0.4, 0.5) is 0 Å². The molecule has 1 fully saturated rings. The molecule has 0 amide bonds. The van der Waals surface area contributed by atoms with Crippen LogP contribution in [-0.4, -0.2) is 26.5 Å². The minimum atomic E-state index is -0.977. The summed E-state index contributed by atoms with van der Waals surface area (Å²) in [5.41, 5.74) is 2.91. The van der Waals surface area contributed by atoms with Gasteiger partial charge in [0.05, 0.1) is 22.0 Å². The number of carboxylic acid groups (broad SMARTS) is 1. The summed E-state index contributed by atoms with van der Waals surface area (Å²) < 4.78 is 1.70. The van der Waals surface area contributed by atoms with Crippen molar-refractivity contribution in [1.82, 2.24) is 9.55 Å². The third kappa shape index (κ3) is 1.44. The van der Waals surface area contributed by atoms with Gasteiger partial charge in [-0.1, -0.05) is 18.2 Å². The topological polar surface area (TPSA) is 72.2 Å². The highest BCUT2D eigenvalue weighted by Crippen LogP contribution is 2.55. The number of nitrogens with zero attached hydrogens (tertiary/aromatic N) is 2. The molecule has 5 nitrogen and oxygen atoms in total. The normalized spacial score (nSPS) is 17.1. The average molecular weight is 304 g/mol. The van der Waals surface area contributed by atoms with E-state index in [9.17, 15) is 14.7 Å². The van der Waals surface area contributed by atoms with Crippen LogP contribution in [0.15, 0.2) is 42.5 Å². The number of carboxylic acids is 1. The first-order chi connectivity index (χ1) is 11.1. The molecule has 1 saturated carbocycles. The summed E-state index contributed by atoms with van der Waals surface area (Å²) in [5.74, 6) is -0.355. The highest BCUT2D eigenvalue weighted by molar-refractivity contribution is 6.06. The molecule has 1 aliphatic carbocycles. The molecule has 0 saturated heterocycles. The monoisotopic (exact) mass is 304 g/mol. The van der Waals surface area contributed by atoms with Crippen LogP contribution in [0.25, 0.3) is 22.4 Å². The van der Waals surface area contributed by atoms with Gasteiger partial charge in [-0.2, -0.15) is 0 Å². The van der Waals surface area contributed by atoms with Crippen molar-refractivity contribution in [2.24, 2.45) is 0 Å². The quantitative estimate of drug-likeness (QED) is 0.750. The minimum Gasteiger partial charge on any atom is -0.478 e. The number of hydrogen-bond acceptors (Lipinski definition) is 3. The van der Waals surface area contributed by atoms with Gasteiger partial charge in [0.1, 0.15) is 5.82 Å². The standard InChI is InChI=1S/C18H12N2O3/c21-16(22)10-5-6-11-12(9-10)18(7-8-18)17(23)20-14-4-2-1-3-13(14)19-15(11)20/h1-6,9H,7-8H2,(H,21,22). The number of carbonyl (C=O) groups is 2. The van der Waals surface area contributed by atoms with Crippen LogP contribution in [0.5, 0.6) is 0 Å². The molecule has 1 spiro atoms. The largest absolute Gasteiger partial charge is 0.478 e. The second-order valence-electron chi connectivity index (χ2n) is 6.21. The lowest BCUT2D eigenvalue weighted by atomic mass is 9.86. The Morgan fingerprint density at radius 3 is 2.70 bits per heavy atom. The van der Waals surface area contributed by atoms with E-state index in [0.29, 0.717) is 5.82 Å². The third-order valence-corrected chi connectivity index (χ3v) is 4.95. The number of benzene rings is 2. The third-order valence-electron chi connectivity index (χ3n) is 4.95. The van der Waals surface area contributed by atoms with Crippen LogP contribution >= 0.6 is 0 Å². The summed E-state index contributed by atoms with van der Waals surface area (Å²) in [7, 11) is 0. The highest BCUT2D eigenvalue weighted by atomic mass is 16.4. The molecule has 2 heterocycles. The molecule has 1 N–H and O–H groups in total. The fraction of sp³-hybridized carbons (Fsp3) is 0.167. The number of rotatable bonds is 1. The van der Waals surface area contributed by atoms with E-state index in [0.717, 1.165) is 35.0 Å². The van der Waals surface area contributed by atoms with Crippen molar-refractivity contribution in [2.75, 3.05) is 0 Å². The number of fused-ring (bicyclic) bond motifs is 6. The Morgan fingerprint density at radius 1 is 1.17 bits per heavy atom. The van der Waals surface area contributed by atoms with Gasteiger partial charge in [-0.3, -0.25) is 9.36 Å². The van der Waals surface area contributed by atoms with E-state index < -0.39 is 11.4 Å². The maximum absolute atomic E-state index is 13.1. The zero-order valence-corrected chi connectivity index (χ0v) is 12.1. The van der Waals surface area contributed by atoms with E-state index in [2.05, 4.69) is 4.98 Å². The molecule has 0 bridgehead atoms. The second kappa shape index (κ2) is 3.87. The van der Waals surface area contributed by atoms with Gasteiger partial charge in [0.25, 0.3) is 0 Å². The lowest BCUT2D eigenvalue weighted by Gasteiger charge is -2.25. The Balaban J connectivity index is 1.89. The van der Waals surface area contributed by atoms with Crippen molar-refractivity contribution in [3.05, 3.63) is 53.6 Å². The van der Waals surface area contributed by atoms with Gasteiger partial charge in [-0.25, -0.2) is 9.78 Å². The number of aromatic nitrogens is 2. The first kappa shape index (κ1) is 12.6. The molecule has 3 aromatic rings. The van der Waals surface area contributed by atoms with Gasteiger partial charge in [0.2, 0.25) is 5.91 Å². The van der Waals surface area contributed by atoms with Gasteiger partial charge in [-0.15, -0.1) is 0 Å². The van der Waals surface area contributed by atoms with Crippen LogP contribution < -0.4 is 0 Å². The molecular weight excluding hydrogens is 292 g/mol. The van der Waals surface area contributed by atoms with Crippen molar-refractivity contribution >= 4 is 22.9 Å². The van der Waals surface area contributed by atoms with Crippen molar-refractivity contribution in [3.8, 4) is 11.4 Å². The molecule has 23 heavy (non-hydrogen) atoms. The lowest BCUT2D eigenvalue weighted by molar-refractivity contribution is 0.0695. The first-order valence-electron chi connectivity index (χ1n) is 7.52. The summed E-state index contributed by atoms with van der Waals surface area (Å²) in [4.78, 5) is 29.0. The van der Waals surface area contributed by atoms with E-state index >= 15 is 0 Å². The fourth-order valence-corrected chi connectivity index (χ4v) is 3.62. The number of carbonyl (C=O) groups excluding carboxylic acids is 1. The molecule has 1 aromatic heterocycles. The van der Waals surface area contributed by atoms with Gasteiger partial charge in [0, 0.05) is 5.56 Å². The Kier molecular flexibility index (Phi) is 2.12. The molecular formula is C18H12N2O3. The fourth-order valence-electron chi connectivity index (χ4n) is 3.62. The predicted molar refractivity (Wildman–Crippen MR) is 83.7 cm³/mol.